The number of para-hydroxylation sites is 1. The van der Waals surface area contributed by atoms with Crippen molar-refractivity contribution in [2.45, 2.75) is 45.9 Å². The van der Waals surface area contributed by atoms with E-state index >= 15 is 0 Å². The first-order valence-corrected chi connectivity index (χ1v) is 11.6. The molecule has 7 nitrogen and oxygen atoms in total. The fraction of sp³-hybridized carbons (Fsp3) is 0.333. The molecule has 1 aliphatic rings. The molecule has 0 aromatic heterocycles. The molecule has 0 bridgehead atoms. The second-order valence-corrected chi connectivity index (χ2v) is 8.93. The van der Waals surface area contributed by atoms with Gasteiger partial charge in [-0.2, -0.15) is 0 Å². The third-order valence-electron chi connectivity index (χ3n) is 6.35. The van der Waals surface area contributed by atoms with Crippen molar-refractivity contribution in [2.75, 3.05) is 18.4 Å². The predicted octanol–water partition coefficient (Wildman–Crippen LogP) is 5.57. The summed E-state index contributed by atoms with van der Waals surface area (Å²) in [6.07, 6.45) is 1.79. The maximum Gasteiger partial charge on any atom is 0.292 e. The average Bonchev–Trinajstić information content (AvgIpc) is 2.83. The monoisotopic (exact) mass is 461 g/mol. The molecule has 2 N–H and O–H groups in total. The van der Waals surface area contributed by atoms with E-state index in [9.17, 15) is 15.2 Å². The number of nitrogens with one attached hydrogen (secondary N) is 1. The van der Waals surface area contributed by atoms with E-state index in [4.69, 9.17) is 4.74 Å². The van der Waals surface area contributed by atoms with Gasteiger partial charge in [0.05, 0.1) is 11.5 Å². The van der Waals surface area contributed by atoms with E-state index in [-0.39, 0.29) is 23.3 Å². The maximum atomic E-state index is 11.6. The minimum atomic E-state index is -0.351. The molecule has 1 heterocycles. The highest BCUT2D eigenvalue weighted by Gasteiger charge is 2.23. The number of benzene rings is 3. The van der Waals surface area contributed by atoms with Crippen LogP contribution in [0.3, 0.4) is 0 Å². The number of aliphatic hydroxyl groups excluding tert-OH is 1. The molecule has 3 aromatic rings. The van der Waals surface area contributed by atoms with Gasteiger partial charge in [-0.25, -0.2) is 0 Å². The molecule has 34 heavy (non-hydrogen) atoms. The number of rotatable bonds is 8. The Morgan fingerprint density at radius 2 is 1.68 bits per heavy atom. The van der Waals surface area contributed by atoms with Gasteiger partial charge in [0.2, 0.25) is 0 Å². The molecule has 7 heteroatoms. The lowest BCUT2D eigenvalue weighted by molar-refractivity contribution is -0.384. The van der Waals surface area contributed by atoms with E-state index in [0.29, 0.717) is 11.4 Å². The second kappa shape index (κ2) is 10.7. The highest BCUT2D eigenvalue weighted by atomic mass is 16.6. The van der Waals surface area contributed by atoms with Crippen LogP contribution in [-0.2, 0) is 13.2 Å². The molecular formula is C27H31N3O4. The zero-order chi connectivity index (χ0) is 24.1. The van der Waals surface area contributed by atoms with Crippen LogP contribution in [0.2, 0.25) is 0 Å². The number of nitro groups is 1. The third-order valence-corrected chi connectivity index (χ3v) is 6.35. The number of aliphatic hydroxyl groups is 1. The molecule has 0 spiro atoms. The van der Waals surface area contributed by atoms with Gasteiger partial charge in [0.25, 0.3) is 5.69 Å². The first-order chi connectivity index (χ1) is 16.4. The van der Waals surface area contributed by atoms with Gasteiger partial charge in [0, 0.05) is 37.8 Å². The van der Waals surface area contributed by atoms with Crippen LogP contribution in [0.1, 0.15) is 35.1 Å². The van der Waals surface area contributed by atoms with Crippen LogP contribution in [0.15, 0.2) is 60.7 Å². The summed E-state index contributed by atoms with van der Waals surface area (Å²) in [6.45, 7) is 6.71. The van der Waals surface area contributed by atoms with Gasteiger partial charge in [0.1, 0.15) is 17.2 Å². The molecule has 0 saturated carbocycles. The first-order valence-electron chi connectivity index (χ1n) is 11.6. The van der Waals surface area contributed by atoms with Crippen molar-refractivity contribution in [3.63, 3.8) is 0 Å². The number of nitro benzene ring substituents is 1. The molecule has 0 unspecified atom stereocenters. The molecule has 0 amide bonds. The quantitative estimate of drug-likeness (QED) is 0.337. The van der Waals surface area contributed by atoms with Crippen molar-refractivity contribution in [1.29, 1.82) is 0 Å². The molecule has 3 aromatic carbocycles. The number of nitrogens with zero attached hydrogens (tertiary/aromatic N) is 2. The summed E-state index contributed by atoms with van der Waals surface area (Å²) < 4.78 is 6.12. The molecule has 1 aliphatic heterocycles. The normalized spacial score (nSPS) is 14.7. The zero-order valence-electron chi connectivity index (χ0n) is 19.7. The molecule has 0 radical (unpaired) electrons. The van der Waals surface area contributed by atoms with Gasteiger partial charge in [-0.15, -0.1) is 0 Å². The van der Waals surface area contributed by atoms with E-state index in [0.717, 1.165) is 54.9 Å². The minimum absolute atomic E-state index is 0.0558. The predicted molar refractivity (Wildman–Crippen MR) is 133 cm³/mol. The van der Waals surface area contributed by atoms with Gasteiger partial charge in [0.15, 0.2) is 0 Å². The van der Waals surface area contributed by atoms with Gasteiger partial charge >= 0.3 is 0 Å². The highest BCUT2D eigenvalue weighted by Crippen LogP contribution is 2.35. The lowest BCUT2D eigenvalue weighted by Crippen LogP contribution is -2.38. The SMILES string of the molecule is Cc1cccc(C)c1Oc1ccc([N+](=O)[O-])c(NC2CCN(Cc3ccc(CO)cc3)CC2)c1. The summed E-state index contributed by atoms with van der Waals surface area (Å²) in [7, 11) is 0. The summed E-state index contributed by atoms with van der Waals surface area (Å²) in [6, 6.07) is 19.0. The number of piperidine rings is 1. The number of ether oxygens (including phenoxy) is 1. The van der Waals surface area contributed by atoms with Gasteiger partial charge in [-0.05, 0) is 55.0 Å². The summed E-state index contributed by atoms with van der Waals surface area (Å²) in [5.74, 6) is 1.36. The van der Waals surface area contributed by atoms with Crippen molar-refractivity contribution in [3.05, 3.63) is 93.0 Å². The molecule has 178 valence electrons. The molecule has 1 fully saturated rings. The maximum absolute atomic E-state index is 11.6. The minimum Gasteiger partial charge on any atom is -0.457 e. The van der Waals surface area contributed by atoms with Crippen molar-refractivity contribution >= 4 is 11.4 Å². The summed E-state index contributed by atoms with van der Waals surface area (Å²) in [5.41, 5.74) is 4.72. The highest BCUT2D eigenvalue weighted by molar-refractivity contribution is 5.65. The van der Waals surface area contributed by atoms with Gasteiger partial charge in [-0.3, -0.25) is 15.0 Å². The topological polar surface area (TPSA) is 87.9 Å². The van der Waals surface area contributed by atoms with Crippen LogP contribution in [0.5, 0.6) is 11.5 Å². The van der Waals surface area contributed by atoms with Gasteiger partial charge in [-0.1, -0.05) is 42.5 Å². The molecule has 4 rings (SSSR count). The number of likely N-dealkylation sites (tertiary alicyclic amines) is 1. The van der Waals surface area contributed by atoms with Gasteiger partial charge < -0.3 is 15.2 Å². The van der Waals surface area contributed by atoms with Crippen molar-refractivity contribution in [2.24, 2.45) is 0 Å². The molecule has 0 aliphatic carbocycles. The summed E-state index contributed by atoms with van der Waals surface area (Å²) in [4.78, 5) is 13.7. The Morgan fingerprint density at radius 1 is 1.03 bits per heavy atom. The van der Waals surface area contributed by atoms with Crippen molar-refractivity contribution < 1.29 is 14.8 Å². The Hall–Kier alpha value is -3.42. The van der Waals surface area contributed by atoms with Crippen molar-refractivity contribution in [1.82, 2.24) is 4.90 Å². The summed E-state index contributed by atoms with van der Waals surface area (Å²) >= 11 is 0. The number of hydrogen-bond acceptors (Lipinski definition) is 6. The van der Waals surface area contributed by atoms with E-state index in [1.807, 2.05) is 44.2 Å². The lowest BCUT2D eigenvalue weighted by Gasteiger charge is -2.32. The standard InChI is InChI=1S/C27H31N3O4/c1-19-4-3-5-20(2)27(19)34-24-10-11-26(30(32)33)25(16-24)28-23-12-14-29(15-13-23)17-21-6-8-22(18-31)9-7-21/h3-11,16,23,28,31H,12-15,17-18H2,1-2H3. The Balaban J connectivity index is 1.41. The van der Waals surface area contributed by atoms with Crippen LogP contribution in [-0.4, -0.2) is 34.1 Å². The Bertz CT molecular complexity index is 1120. The Morgan fingerprint density at radius 3 is 2.29 bits per heavy atom. The van der Waals surface area contributed by atoms with E-state index in [1.165, 1.54) is 11.6 Å². The van der Waals surface area contributed by atoms with Crippen LogP contribution in [0.4, 0.5) is 11.4 Å². The Labute approximate surface area is 200 Å². The van der Waals surface area contributed by atoms with Crippen LogP contribution in [0.25, 0.3) is 0 Å². The zero-order valence-corrected chi connectivity index (χ0v) is 19.7. The smallest absolute Gasteiger partial charge is 0.292 e. The van der Waals surface area contributed by atoms with Crippen LogP contribution < -0.4 is 10.1 Å². The Kier molecular flexibility index (Phi) is 7.45. The largest absolute Gasteiger partial charge is 0.457 e. The van der Waals surface area contributed by atoms with Crippen molar-refractivity contribution in [3.8, 4) is 11.5 Å². The van der Waals surface area contributed by atoms with E-state index in [2.05, 4.69) is 22.3 Å². The fourth-order valence-electron chi connectivity index (χ4n) is 4.40. The molecule has 0 atom stereocenters. The third kappa shape index (κ3) is 5.73. The number of hydrogen-bond donors (Lipinski definition) is 2. The fourth-order valence-corrected chi connectivity index (χ4v) is 4.40. The number of anilines is 1. The molecule has 1 saturated heterocycles. The summed E-state index contributed by atoms with van der Waals surface area (Å²) in [5, 5.41) is 24.3. The lowest BCUT2D eigenvalue weighted by atomic mass is 10.0. The molecular weight excluding hydrogens is 430 g/mol. The first kappa shape index (κ1) is 23.7. The van der Waals surface area contributed by atoms with Crippen LogP contribution in [0, 0.1) is 24.0 Å². The van der Waals surface area contributed by atoms with E-state index in [1.54, 1.807) is 12.1 Å². The average molecular weight is 462 g/mol. The number of aryl methyl sites for hydroxylation is 2. The second-order valence-electron chi connectivity index (χ2n) is 8.93. The van der Waals surface area contributed by atoms with Crippen LogP contribution >= 0.6 is 0 Å². The van der Waals surface area contributed by atoms with E-state index < -0.39 is 0 Å².